The third kappa shape index (κ3) is 6.19. The molecule has 3 aromatic rings. The molecule has 1 amide bonds. The Kier molecular flexibility index (Phi) is 7.63. The molecule has 5 heteroatoms. The molecule has 0 radical (unpaired) electrons. The van der Waals surface area contributed by atoms with E-state index in [1.54, 1.807) is 6.08 Å². The van der Waals surface area contributed by atoms with Crippen molar-refractivity contribution in [3.05, 3.63) is 98.6 Å². The van der Waals surface area contributed by atoms with Crippen LogP contribution in [0.5, 0.6) is 5.75 Å². The standard InChI is InChI=1S/C25H21IN2O2/c1-2-18-5-11-23(12-6-18)28-25(29)21(16-27)15-19-7-13-24(14-8-19)30-17-20-3-9-22(26)10-4-20/h3-15H,2,17H2,1H3,(H,28,29)/b21-15-. The van der Waals surface area contributed by atoms with Crippen LogP contribution >= 0.6 is 22.6 Å². The number of hydrogen-bond acceptors (Lipinski definition) is 3. The Bertz CT molecular complexity index is 1060. The first-order valence-corrected chi connectivity index (χ1v) is 10.6. The number of rotatable bonds is 7. The third-order valence-electron chi connectivity index (χ3n) is 4.49. The molecular formula is C25H21IN2O2. The van der Waals surface area contributed by atoms with Crippen molar-refractivity contribution >= 4 is 40.3 Å². The molecular weight excluding hydrogens is 487 g/mol. The number of nitrogens with zero attached hydrogens (tertiary/aromatic N) is 1. The topological polar surface area (TPSA) is 62.1 Å². The van der Waals surface area contributed by atoms with Gasteiger partial charge in [0.05, 0.1) is 0 Å². The maximum absolute atomic E-state index is 12.4. The lowest BCUT2D eigenvalue weighted by molar-refractivity contribution is -0.112. The van der Waals surface area contributed by atoms with Gasteiger partial charge in [-0.2, -0.15) is 5.26 Å². The maximum Gasteiger partial charge on any atom is 0.266 e. The average Bonchev–Trinajstić information content (AvgIpc) is 2.78. The van der Waals surface area contributed by atoms with Gasteiger partial charge < -0.3 is 10.1 Å². The van der Waals surface area contributed by atoms with Crippen LogP contribution in [-0.4, -0.2) is 5.91 Å². The van der Waals surface area contributed by atoms with E-state index in [0.717, 1.165) is 23.3 Å². The van der Waals surface area contributed by atoms with Gasteiger partial charge in [-0.15, -0.1) is 0 Å². The van der Waals surface area contributed by atoms with E-state index in [2.05, 4.69) is 34.8 Å². The Morgan fingerprint density at radius 1 is 1.00 bits per heavy atom. The van der Waals surface area contributed by atoms with Gasteiger partial charge in [-0.3, -0.25) is 4.79 Å². The maximum atomic E-state index is 12.4. The zero-order valence-corrected chi connectivity index (χ0v) is 18.7. The van der Waals surface area contributed by atoms with Crippen molar-refractivity contribution in [3.63, 3.8) is 0 Å². The van der Waals surface area contributed by atoms with Gasteiger partial charge in [-0.1, -0.05) is 43.3 Å². The van der Waals surface area contributed by atoms with E-state index >= 15 is 0 Å². The molecule has 30 heavy (non-hydrogen) atoms. The lowest BCUT2D eigenvalue weighted by Gasteiger charge is -2.07. The number of halogens is 1. The number of hydrogen-bond donors (Lipinski definition) is 1. The first kappa shape index (κ1) is 21.6. The SMILES string of the molecule is CCc1ccc(NC(=O)/C(C#N)=C\c2ccc(OCc3ccc(I)cc3)cc2)cc1. The van der Waals surface area contributed by atoms with Gasteiger partial charge in [0, 0.05) is 9.26 Å². The number of amides is 1. The fourth-order valence-electron chi connectivity index (χ4n) is 2.75. The van der Waals surface area contributed by atoms with E-state index in [4.69, 9.17) is 4.74 Å². The van der Waals surface area contributed by atoms with Crippen LogP contribution in [0.3, 0.4) is 0 Å². The van der Waals surface area contributed by atoms with Crippen molar-refractivity contribution in [1.82, 2.24) is 0 Å². The summed E-state index contributed by atoms with van der Waals surface area (Å²) in [7, 11) is 0. The Morgan fingerprint density at radius 3 is 2.23 bits per heavy atom. The van der Waals surface area contributed by atoms with Gasteiger partial charge in [0.2, 0.25) is 0 Å². The Hall–Kier alpha value is -3.11. The van der Waals surface area contributed by atoms with E-state index in [1.165, 1.54) is 9.13 Å². The lowest BCUT2D eigenvalue weighted by Crippen LogP contribution is -2.13. The van der Waals surface area contributed by atoms with Gasteiger partial charge in [-0.05, 0) is 88.2 Å². The van der Waals surface area contributed by atoms with Crippen molar-refractivity contribution in [2.45, 2.75) is 20.0 Å². The molecule has 0 aromatic heterocycles. The molecule has 4 nitrogen and oxygen atoms in total. The molecule has 0 heterocycles. The molecule has 0 aliphatic heterocycles. The van der Waals surface area contributed by atoms with Crippen LogP contribution in [0.15, 0.2) is 78.4 Å². The van der Waals surface area contributed by atoms with Crippen molar-refractivity contribution in [1.29, 1.82) is 5.26 Å². The van der Waals surface area contributed by atoms with Gasteiger partial charge in [-0.25, -0.2) is 0 Å². The number of carbonyl (C=O) groups is 1. The summed E-state index contributed by atoms with van der Waals surface area (Å²) in [5, 5.41) is 12.2. The van der Waals surface area contributed by atoms with Crippen molar-refractivity contribution < 1.29 is 9.53 Å². The normalized spacial score (nSPS) is 10.9. The average molecular weight is 508 g/mol. The second-order valence-electron chi connectivity index (χ2n) is 6.66. The van der Waals surface area contributed by atoms with Gasteiger partial charge in [0.1, 0.15) is 24.0 Å². The zero-order chi connectivity index (χ0) is 21.3. The Labute approximate surface area is 190 Å². The van der Waals surface area contributed by atoms with Crippen molar-refractivity contribution in [2.24, 2.45) is 0 Å². The Balaban J connectivity index is 1.62. The van der Waals surface area contributed by atoms with Gasteiger partial charge >= 0.3 is 0 Å². The number of nitrogens with one attached hydrogen (secondary N) is 1. The summed E-state index contributed by atoms with van der Waals surface area (Å²) in [4.78, 5) is 12.4. The van der Waals surface area contributed by atoms with E-state index in [1.807, 2.05) is 78.9 Å². The number of anilines is 1. The predicted molar refractivity (Wildman–Crippen MR) is 128 cm³/mol. The highest BCUT2D eigenvalue weighted by Gasteiger charge is 2.09. The number of ether oxygens (including phenoxy) is 1. The molecule has 3 rings (SSSR count). The molecule has 0 unspecified atom stereocenters. The summed E-state index contributed by atoms with van der Waals surface area (Å²) in [5.41, 5.74) is 3.74. The predicted octanol–water partition coefficient (Wildman–Crippen LogP) is 5.98. The third-order valence-corrected chi connectivity index (χ3v) is 5.21. The molecule has 150 valence electrons. The minimum Gasteiger partial charge on any atom is -0.489 e. The molecule has 0 aliphatic carbocycles. The molecule has 0 spiro atoms. The lowest BCUT2D eigenvalue weighted by atomic mass is 10.1. The van der Waals surface area contributed by atoms with E-state index in [-0.39, 0.29) is 5.57 Å². The monoisotopic (exact) mass is 508 g/mol. The van der Waals surface area contributed by atoms with Crippen molar-refractivity contribution in [3.8, 4) is 11.8 Å². The minimum absolute atomic E-state index is 0.0436. The van der Waals surface area contributed by atoms with Gasteiger partial charge in [0.15, 0.2) is 0 Å². The van der Waals surface area contributed by atoms with Crippen LogP contribution in [0.2, 0.25) is 0 Å². The molecule has 0 saturated carbocycles. The summed E-state index contributed by atoms with van der Waals surface area (Å²) >= 11 is 2.27. The van der Waals surface area contributed by atoms with Gasteiger partial charge in [0.25, 0.3) is 5.91 Å². The fraction of sp³-hybridized carbons (Fsp3) is 0.120. The van der Waals surface area contributed by atoms with E-state index in [0.29, 0.717) is 12.3 Å². The second-order valence-corrected chi connectivity index (χ2v) is 7.90. The van der Waals surface area contributed by atoms with Crippen LogP contribution in [-0.2, 0) is 17.8 Å². The molecule has 0 aliphatic rings. The van der Waals surface area contributed by atoms with E-state index < -0.39 is 5.91 Å². The van der Waals surface area contributed by atoms with Crippen LogP contribution in [0, 0.1) is 14.9 Å². The van der Waals surface area contributed by atoms with Crippen LogP contribution in [0.4, 0.5) is 5.69 Å². The summed E-state index contributed by atoms with van der Waals surface area (Å²) in [6.45, 7) is 2.55. The number of aryl methyl sites for hydroxylation is 1. The molecule has 0 atom stereocenters. The largest absolute Gasteiger partial charge is 0.489 e. The number of benzene rings is 3. The quantitative estimate of drug-likeness (QED) is 0.243. The summed E-state index contributed by atoms with van der Waals surface area (Å²) in [6.07, 6.45) is 2.50. The fourth-order valence-corrected chi connectivity index (χ4v) is 3.10. The van der Waals surface area contributed by atoms with Crippen LogP contribution < -0.4 is 10.1 Å². The van der Waals surface area contributed by atoms with Crippen molar-refractivity contribution in [2.75, 3.05) is 5.32 Å². The highest BCUT2D eigenvalue weighted by atomic mass is 127. The summed E-state index contributed by atoms with van der Waals surface area (Å²) < 4.78 is 6.98. The number of nitriles is 1. The second kappa shape index (κ2) is 10.6. The first-order valence-electron chi connectivity index (χ1n) is 9.57. The molecule has 0 bridgehead atoms. The van der Waals surface area contributed by atoms with Crippen LogP contribution in [0.25, 0.3) is 6.08 Å². The van der Waals surface area contributed by atoms with E-state index in [9.17, 15) is 10.1 Å². The zero-order valence-electron chi connectivity index (χ0n) is 16.6. The van der Waals surface area contributed by atoms with Crippen LogP contribution in [0.1, 0.15) is 23.6 Å². The summed E-state index contributed by atoms with van der Waals surface area (Å²) in [6, 6.07) is 25.0. The minimum atomic E-state index is -0.430. The molecule has 1 N–H and O–H groups in total. The number of carbonyl (C=O) groups excluding carboxylic acids is 1. The smallest absolute Gasteiger partial charge is 0.266 e. The first-order chi connectivity index (χ1) is 14.6. The summed E-state index contributed by atoms with van der Waals surface area (Å²) in [5.74, 6) is 0.297. The highest BCUT2D eigenvalue weighted by molar-refractivity contribution is 14.1. The molecule has 0 fully saturated rings. The Morgan fingerprint density at radius 2 is 1.63 bits per heavy atom. The highest BCUT2D eigenvalue weighted by Crippen LogP contribution is 2.18. The molecule has 3 aromatic carbocycles. The molecule has 0 saturated heterocycles.